The van der Waals surface area contributed by atoms with Gasteiger partial charge in [-0.05, 0) is 42.4 Å². The van der Waals surface area contributed by atoms with Gasteiger partial charge in [-0.25, -0.2) is 0 Å². The topological polar surface area (TPSA) is 35.2 Å². The average molecular weight is 261 g/mol. The summed E-state index contributed by atoms with van der Waals surface area (Å²) in [6, 6.07) is 8.38. The van der Waals surface area contributed by atoms with Gasteiger partial charge in [-0.1, -0.05) is 45.7 Å². The van der Waals surface area contributed by atoms with Crippen molar-refractivity contribution in [2.75, 3.05) is 6.61 Å². The standard InChI is InChI=1S/C17H27NO/c1-4-5-14-10-17(18,11-14)15-6-8-16(9-7-15)19-12-13(2)3/h6-9,13-14H,4-5,10-12,18H2,1-3H3. The Bertz CT molecular complexity index is 390. The van der Waals surface area contributed by atoms with Crippen LogP contribution in [0.4, 0.5) is 0 Å². The summed E-state index contributed by atoms with van der Waals surface area (Å²) in [4.78, 5) is 0. The highest BCUT2D eigenvalue weighted by Gasteiger charge is 2.41. The van der Waals surface area contributed by atoms with Crippen LogP contribution < -0.4 is 10.5 Å². The minimum Gasteiger partial charge on any atom is -0.493 e. The summed E-state index contributed by atoms with van der Waals surface area (Å²) in [5, 5.41) is 0. The van der Waals surface area contributed by atoms with E-state index in [1.807, 2.05) is 0 Å². The number of nitrogens with two attached hydrogens (primary N) is 1. The molecule has 1 aromatic carbocycles. The Kier molecular flexibility index (Phi) is 4.51. The fraction of sp³-hybridized carbons (Fsp3) is 0.647. The molecule has 0 unspecified atom stereocenters. The van der Waals surface area contributed by atoms with Crippen LogP contribution in [0.25, 0.3) is 0 Å². The molecule has 0 atom stereocenters. The lowest BCUT2D eigenvalue weighted by atomic mass is 9.64. The van der Waals surface area contributed by atoms with E-state index in [9.17, 15) is 0 Å². The van der Waals surface area contributed by atoms with E-state index in [0.29, 0.717) is 5.92 Å². The van der Waals surface area contributed by atoms with Crippen LogP contribution in [-0.4, -0.2) is 6.61 Å². The van der Waals surface area contributed by atoms with Crippen molar-refractivity contribution in [2.24, 2.45) is 17.6 Å². The predicted molar refractivity (Wildman–Crippen MR) is 80.3 cm³/mol. The molecule has 0 radical (unpaired) electrons. The Labute approximate surface area is 117 Å². The van der Waals surface area contributed by atoms with Crippen LogP contribution in [0.3, 0.4) is 0 Å². The van der Waals surface area contributed by atoms with Crippen LogP contribution in [0.2, 0.25) is 0 Å². The van der Waals surface area contributed by atoms with E-state index >= 15 is 0 Å². The van der Waals surface area contributed by atoms with E-state index in [1.54, 1.807) is 0 Å². The minimum atomic E-state index is -0.0869. The molecule has 1 fully saturated rings. The summed E-state index contributed by atoms with van der Waals surface area (Å²) >= 11 is 0. The molecule has 2 nitrogen and oxygen atoms in total. The molecule has 0 bridgehead atoms. The molecule has 2 heteroatoms. The lowest BCUT2D eigenvalue weighted by Gasteiger charge is -2.45. The Morgan fingerprint density at radius 3 is 2.42 bits per heavy atom. The van der Waals surface area contributed by atoms with Gasteiger partial charge < -0.3 is 10.5 Å². The Balaban J connectivity index is 1.92. The van der Waals surface area contributed by atoms with Gasteiger partial charge in [0.25, 0.3) is 0 Å². The Morgan fingerprint density at radius 2 is 1.89 bits per heavy atom. The molecule has 1 aliphatic rings. The van der Waals surface area contributed by atoms with Gasteiger partial charge in [0.2, 0.25) is 0 Å². The second kappa shape index (κ2) is 5.96. The number of benzene rings is 1. The van der Waals surface area contributed by atoms with Gasteiger partial charge in [-0.3, -0.25) is 0 Å². The first-order chi connectivity index (χ1) is 9.03. The van der Waals surface area contributed by atoms with Gasteiger partial charge in [-0.2, -0.15) is 0 Å². The van der Waals surface area contributed by atoms with Crippen molar-refractivity contribution in [1.82, 2.24) is 0 Å². The van der Waals surface area contributed by atoms with E-state index in [2.05, 4.69) is 45.0 Å². The molecular weight excluding hydrogens is 234 g/mol. The van der Waals surface area contributed by atoms with Crippen molar-refractivity contribution in [1.29, 1.82) is 0 Å². The predicted octanol–water partition coefficient (Wildman–Crippen LogP) is 4.09. The lowest BCUT2D eigenvalue weighted by molar-refractivity contribution is 0.137. The van der Waals surface area contributed by atoms with Crippen LogP contribution in [-0.2, 0) is 5.54 Å². The average Bonchev–Trinajstić information content (AvgIpc) is 2.35. The molecule has 106 valence electrons. The third-order valence-corrected chi connectivity index (χ3v) is 4.02. The van der Waals surface area contributed by atoms with E-state index in [4.69, 9.17) is 10.5 Å². The first-order valence-electron chi connectivity index (χ1n) is 7.55. The molecule has 2 N–H and O–H groups in total. The van der Waals surface area contributed by atoms with E-state index in [1.165, 1.54) is 18.4 Å². The van der Waals surface area contributed by atoms with Crippen LogP contribution in [0.15, 0.2) is 24.3 Å². The van der Waals surface area contributed by atoms with Gasteiger partial charge in [0, 0.05) is 5.54 Å². The van der Waals surface area contributed by atoms with Gasteiger partial charge in [0.05, 0.1) is 6.61 Å². The maximum absolute atomic E-state index is 6.48. The van der Waals surface area contributed by atoms with Crippen molar-refractivity contribution in [3.05, 3.63) is 29.8 Å². The molecule has 0 spiro atoms. The summed E-state index contributed by atoms with van der Waals surface area (Å²) in [6.45, 7) is 7.33. The van der Waals surface area contributed by atoms with Gasteiger partial charge >= 0.3 is 0 Å². The van der Waals surface area contributed by atoms with E-state index < -0.39 is 0 Å². The van der Waals surface area contributed by atoms with Crippen LogP contribution in [0.1, 0.15) is 52.0 Å². The zero-order valence-corrected chi connectivity index (χ0v) is 12.5. The SMILES string of the molecule is CCCC1CC(N)(c2ccc(OCC(C)C)cc2)C1. The van der Waals surface area contributed by atoms with Crippen molar-refractivity contribution in [3.63, 3.8) is 0 Å². The quantitative estimate of drug-likeness (QED) is 0.837. The molecule has 0 aromatic heterocycles. The summed E-state index contributed by atoms with van der Waals surface area (Å²) in [5.41, 5.74) is 7.65. The zero-order chi connectivity index (χ0) is 13.9. The fourth-order valence-corrected chi connectivity index (χ4v) is 2.96. The largest absolute Gasteiger partial charge is 0.493 e. The highest BCUT2D eigenvalue weighted by atomic mass is 16.5. The summed E-state index contributed by atoms with van der Waals surface area (Å²) in [5.74, 6) is 2.33. The summed E-state index contributed by atoms with van der Waals surface area (Å²) in [6.07, 6.45) is 4.84. The van der Waals surface area contributed by atoms with E-state index in [-0.39, 0.29) is 5.54 Å². The number of hydrogen-bond donors (Lipinski definition) is 1. The maximum Gasteiger partial charge on any atom is 0.119 e. The number of ether oxygens (including phenoxy) is 1. The second-order valence-electron chi connectivity index (χ2n) is 6.45. The third kappa shape index (κ3) is 3.50. The third-order valence-electron chi connectivity index (χ3n) is 4.02. The maximum atomic E-state index is 6.48. The van der Waals surface area contributed by atoms with Gasteiger partial charge in [-0.15, -0.1) is 0 Å². The second-order valence-corrected chi connectivity index (χ2v) is 6.45. The number of rotatable bonds is 6. The first-order valence-corrected chi connectivity index (χ1v) is 7.55. The van der Waals surface area contributed by atoms with Crippen molar-refractivity contribution in [2.45, 2.75) is 52.0 Å². The number of hydrogen-bond acceptors (Lipinski definition) is 2. The van der Waals surface area contributed by atoms with E-state index in [0.717, 1.165) is 31.1 Å². The van der Waals surface area contributed by atoms with Gasteiger partial charge in [0.1, 0.15) is 5.75 Å². The lowest BCUT2D eigenvalue weighted by Crippen LogP contribution is -2.48. The smallest absolute Gasteiger partial charge is 0.119 e. The molecule has 0 saturated heterocycles. The molecule has 1 aromatic rings. The monoisotopic (exact) mass is 261 g/mol. The summed E-state index contributed by atoms with van der Waals surface area (Å²) < 4.78 is 5.71. The van der Waals surface area contributed by atoms with Crippen molar-refractivity contribution in [3.8, 4) is 5.75 Å². The van der Waals surface area contributed by atoms with Crippen LogP contribution in [0, 0.1) is 11.8 Å². The molecule has 0 heterocycles. The van der Waals surface area contributed by atoms with Crippen LogP contribution >= 0.6 is 0 Å². The highest BCUT2D eigenvalue weighted by Crippen LogP contribution is 2.45. The Hall–Kier alpha value is -1.02. The van der Waals surface area contributed by atoms with Crippen LogP contribution in [0.5, 0.6) is 5.75 Å². The Morgan fingerprint density at radius 1 is 1.26 bits per heavy atom. The van der Waals surface area contributed by atoms with Gasteiger partial charge in [0.15, 0.2) is 0 Å². The summed E-state index contributed by atoms with van der Waals surface area (Å²) in [7, 11) is 0. The molecular formula is C17H27NO. The van der Waals surface area contributed by atoms with Crippen molar-refractivity contribution >= 4 is 0 Å². The normalized spacial score (nSPS) is 26.3. The molecule has 1 saturated carbocycles. The zero-order valence-electron chi connectivity index (χ0n) is 12.5. The van der Waals surface area contributed by atoms with Crippen molar-refractivity contribution < 1.29 is 4.74 Å². The highest BCUT2D eigenvalue weighted by molar-refractivity contribution is 5.33. The molecule has 0 aliphatic heterocycles. The minimum absolute atomic E-state index is 0.0869. The molecule has 1 aliphatic carbocycles. The molecule has 2 rings (SSSR count). The molecule has 0 amide bonds. The fourth-order valence-electron chi connectivity index (χ4n) is 2.96. The first kappa shape index (κ1) is 14.4. The molecule has 19 heavy (non-hydrogen) atoms.